The fourth-order valence-corrected chi connectivity index (χ4v) is 5.27. The molecule has 25 heavy (non-hydrogen) atoms. The molecule has 2 aromatic rings. The fourth-order valence-electron chi connectivity index (χ4n) is 2.41. The first-order valence-corrected chi connectivity index (χ1v) is 10.8. The monoisotopic (exact) mass is 491 g/mol. The normalized spacial score (nSPS) is 11.6. The maximum atomic E-state index is 13.0. The fraction of sp³-hybridized carbons (Fsp3) is 0.375. The van der Waals surface area contributed by atoms with Crippen molar-refractivity contribution in [1.82, 2.24) is 14.7 Å². The third-order valence-corrected chi connectivity index (χ3v) is 7.62. The Bertz CT molecular complexity index is 919. The van der Waals surface area contributed by atoms with Crippen molar-refractivity contribution in [2.75, 3.05) is 13.1 Å². The highest BCUT2D eigenvalue weighted by atomic mass is 79.9. The summed E-state index contributed by atoms with van der Waals surface area (Å²) >= 11 is 6.63. The number of hydrogen-bond acceptors (Lipinski definition) is 4. The van der Waals surface area contributed by atoms with E-state index in [1.165, 1.54) is 6.20 Å². The number of halogens is 2. The van der Waals surface area contributed by atoms with Crippen molar-refractivity contribution in [3.8, 4) is 0 Å². The zero-order valence-corrected chi connectivity index (χ0v) is 18.4. The summed E-state index contributed by atoms with van der Waals surface area (Å²) < 4.78 is 28.2. The van der Waals surface area contributed by atoms with Gasteiger partial charge in [0.15, 0.2) is 5.03 Å². The highest BCUT2D eigenvalue weighted by Crippen LogP contribution is 2.32. The van der Waals surface area contributed by atoms with E-state index in [4.69, 9.17) is 0 Å². The Balaban J connectivity index is 2.56. The topological polar surface area (TPSA) is 72.3 Å². The molecule has 0 unspecified atom stereocenters. The molecule has 2 rings (SSSR count). The van der Waals surface area contributed by atoms with Gasteiger partial charge in [-0.05, 0) is 66.9 Å². The molecule has 0 aliphatic heterocycles. The minimum absolute atomic E-state index is 0.169. The summed E-state index contributed by atoms with van der Waals surface area (Å²) in [6, 6.07) is 2.87. The maximum absolute atomic E-state index is 13.0. The number of carbonyl (C=O) groups excluding carboxylic acids is 1. The number of aromatic nitrogens is 2. The zero-order chi connectivity index (χ0) is 18.9. The molecular weight excluding hydrogens is 474 g/mol. The molecule has 0 N–H and O–H groups in total. The Kier molecular flexibility index (Phi) is 6.11. The first-order valence-electron chi connectivity index (χ1n) is 7.70. The van der Waals surface area contributed by atoms with Crippen molar-refractivity contribution in [3.05, 3.63) is 38.4 Å². The van der Waals surface area contributed by atoms with Crippen LogP contribution in [-0.4, -0.2) is 42.2 Å². The van der Waals surface area contributed by atoms with E-state index >= 15 is 0 Å². The Labute approximate surface area is 164 Å². The van der Waals surface area contributed by atoms with Gasteiger partial charge in [0.05, 0.1) is 15.6 Å². The van der Waals surface area contributed by atoms with E-state index in [1.807, 2.05) is 20.8 Å². The molecule has 1 amide bonds. The summed E-state index contributed by atoms with van der Waals surface area (Å²) in [5, 5.41) is 3.88. The Morgan fingerprint density at radius 2 is 1.72 bits per heavy atom. The SMILES string of the molecule is CCN(CC)C(=O)n1cc(Br)c(S(=O)(=O)c2ccc(Br)c(C)c2C)n1. The molecule has 0 radical (unpaired) electrons. The molecule has 6 nitrogen and oxygen atoms in total. The van der Waals surface area contributed by atoms with Crippen LogP contribution in [0.3, 0.4) is 0 Å². The summed E-state index contributed by atoms with van der Waals surface area (Å²) in [6.07, 6.45) is 1.38. The Morgan fingerprint density at radius 3 is 2.28 bits per heavy atom. The molecule has 1 heterocycles. The molecule has 0 aliphatic carbocycles. The number of amides is 1. The summed E-state index contributed by atoms with van der Waals surface area (Å²) in [5.74, 6) is 0. The Morgan fingerprint density at radius 1 is 1.12 bits per heavy atom. The minimum Gasteiger partial charge on any atom is -0.323 e. The molecule has 9 heteroatoms. The molecule has 0 saturated heterocycles. The van der Waals surface area contributed by atoms with E-state index in [2.05, 4.69) is 37.0 Å². The first kappa shape index (κ1) is 20.1. The van der Waals surface area contributed by atoms with Crippen LogP contribution in [0.4, 0.5) is 4.79 Å². The molecule has 136 valence electrons. The van der Waals surface area contributed by atoms with E-state index in [9.17, 15) is 13.2 Å². The largest absolute Gasteiger partial charge is 0.344 e. The quantitative estimate of drug-likeness (QED) is 0.642. The van der Waals surface area contributed by atoms with Crippen molar-refractivity contribution < 1.29 is 13.2 Å². The first-order chi connectivity index (χ1) is 11.6. The minimum atomic E-state index is -3.86. The number of rotatable bonds is 4. The van der Waals surface area contributed by atoms with Crippen LogP contribution >= 0.6 is 31.9 Å². The van der Waals surface area contributed by atoms with E-state index in [1.54, 1.807) is 24.0 Å². The number of carbonyl (C=O) groups is 1. The van der Waals surface area contributed by atoms with Crippen molar-refractivity contribution in [3.63, 3.8) is 0 Å². The molecular formula is C16H19Br2N3O3S. The van der Waals surface area contributed by atoms with Crippen LogP contribution in [0.1, 0.15) is 25.0 Å². The lowest BCUT2D eigenvalue weighted by atomic mass is 10.1. The van der Waals surface area contributed by atoms with Crippen LogP contribution in [-0.2, 0) is 9.84 Å². The van der Waals surface area contributed by atoms with Gasteiger partial charge < -0.3 is 4.90 Å². The second-order valence-electron chi connectivity index (χ2n) is 5.48. The van der Waals surface area contributed by atoms with Crippen LogP contribution in [0.25, 0.3) is 0 Å². The van der Waals surface area contributed by atoms with Gasteiger partial charge in [-0.15, -0.1) is 0 Å². The van der Waals surface area contributed by atoms with E-state index < -0.39 is 9.84 Å². The van der Waals surface area contributed by atoms with Crippen LogP contribution in [0.2, 0.25) is 0 Å². The molecule has 0 atom stereocenters. The highest BCUT2D eigenvalue weighted by Gasteiger charge is 2.28. The number of hydrogen-bond donors (Lipinski definition) is 0. The van der Waals surface area contributed by atoms with Crippen LogP contribution in [0.15, 0.2) is 37.2 Å². The number of nitrogens with zero attached hydrogens (tertiary/aromatic N) is 3. The maximum Gasteiger partial charge on any atom is 0.344 e. The van der Waals surface area contributed by atoms with Crippen LogP contribution in [0, 0.1) is 13.8 Å². The second-order valence-corrected chi connectivity index (χ2v) is 9.02. The molecule has 1 aromatic heterocycles. The third-order valence-electron chi connectivity index (χ3n) is 4.08. The van der Waals surface area contributed by atoms with Gasteiger partial charge >= 0.3 is 6.03 Å². The summed E-state index contributed by atoms with van der Waals surface area (Å²) in [4.78, 5) is 14.1. The zero-order valence-electron chi connectivity index (χ0n) is 14.4. The summed E-state index contributed by atoms with van der Waals surface area (Å²) in [5.41, 5.74) is 1.49. The number of sulfone groups is 1. The molecule has 0 saturated carbocycles. The molecule has 1 aromatic carbocycles. The van der Waals surface area contributed by atoms with Gasteiger partial charge in [0.25, 0.3) is 0 Å². The smallest absolute Gasteiger partial charge is 0.323 e. The van der Waals surface area contributed by atoms with Crippen LogP contribution < -0.4 is 0 Å². The second kappa shape index (κ2) is 7.59. The van der Waals surface area contributed by atoms with Gasteiger partial charge in [0.2, 0.25) is 9.84 Å². The van der Waals surface area contributed by atoms with E-state index in [0.717, 1.165) is 14.7 Å². The average molecular weight is 493 g/mol. The van der Waals surface area contributed by atoms with Gasteiger partial charge in [0, 0.05) is 17.6 Å². The van der Waals surface area contributed by atoms with Crippen molar-refractivity contribution >= 4 is 47.7 Å². The molecule has 0 bridgehead atoms. The van der Waals surface area contributed by atoms with Gasteiger partial charge in [-0.2, -0.15) is 9.78 Å². The lowest BCUT2D eigenvalue weighted by Gasteiger charge is -2.17. The molecule has 0 fully saturated rings. The van der Waals surface area contributed by atoms with Gasteiger partial charge in [0.1, 0.15) is 0 Å². The third kappa shape index (κ3) is 3.68. The van der Waals surface area contributed by atoms with Gasteiger partial charge in [-0.25, -0.2) is 13.2 Å². The van der Waals surface area contributed by atoms with Crippen molar-refractivity contribution in [2.24, 2.45) is 0 Å². The highest BCUT2D eigenvalue weighted by molar-refractivity contribution is 9.10. The van der Waals surface area contributed by atoms with Crippen LogP contribution in [0.5, 0.6) is 0 Å². The summed E-state index contributed by atoms with van der Waals surface area (Å²) in [6.45, 7) is 8.33. The molecule has 0 spiro atoms. The van der Waals surface area contributed by atoms with Gasteiger partial charge in [-0.1, -0.05) is 15.9 Å². The average Bonchev–Trinajstić information content (AvgIpc) is 2.96. The van der Waals surface area contributed by atoms with E-state index in [0.29, 0.717) is 18.7 Å². The standard InChI is InChI=1S/C16H19Br2N3O3S/c1-5-20(6-2)16(22)21-9-13(18)15(19-21)25(23,24)14-8-7-12(17)10(3)11(14)4/h7-9H,5-6H2,1-4H3. The number of benzene rings is 1. The van der Waals surface area contributed by atoms with Crippen molar-refractivity contribution in [1.29, 1.82) is 0 Å². The summed E-state index contributed by atoms with van der Waals surface area (Å²) in [7, 11) is -3.86. The predicted molar refractivity (Wildman–Crippen MR) is 103 cm³/mol. The Hall–Kier alpha value is -1.19. The van der Waals surface area contributed by atoms with Gasteiger partial charge in [-0.3, -0.25) is 0 Å². The van der Waals surface area contributed by atoms with E-state index in [-0.39, 0.29) is 20.4 Å². The lowest BCUT2D eigenvalue weighted by molar-refractivity contribution is 0.201. The lowest BCUT2D eigenvalue weighted by Crippen LogP contribution is -2.34. The predicted octanol–water partition coefficient (Wildman–Crippen LogP) is 4.17. The van der Waals surface area contributed by atoms with Crippen molar-refractivity contribution in [2.45, 2.75) is 37.6 Å². The molecule has 0 aliphatic rings.